The number of aliphatic hydroxyl groups is 1. The van der Waals surface area contributed by atoms with Crippen molar-refractivity contribution in [3.63, 3.8) is 0 Å². The lowest BCUT2D eigenvalue weighted by molar-refractivity contribution is 0.177. The first-order valence-corrected chi connectivity index (χ1v) is 8.00. The fourth-order valence-corrected chi connectivity index (χ4v) is 3.18. The third-order valence-corrected chi connectivity index (χ3v) is 4.23. The topological polar surface area (TPSA) is 47.3 Å². The second kappa shape index (κ2) is 5.81. The van der Waals surface area contributed by atoms with E-state index in [0.717, 1.165) is 34.4 Å². The molecule has 0 fully saturated rings. The summed E-state index contributed by atoms with van der Waals surface area (Å²) < 4.78 is 8.61. The first-order chi connectivity index (χ1) is 10.0. The van der Waals surface area contributed by atoms with Crippen LogP contribution in [-0.2, 0) is 12.8 Å². The van der Waals surface area contributed by atoms with Gasteiger partial charge in [0.25, 0.3) is 0 Å². The van der Waals surface area contributed by atoms with Gasteiger partial charge in [0.1, 0.15) is 5.75 Å². The molecule has 0 aliphatic carbocycles. The van der Waals surface area contributed by atoms with E-state index in [0.29, 0.717) is 12.5 Å². The van der Waals surface area contributed by atoms with E-state index in [1.165, 1.54) is 5.56 Å². The normalized spacial score (nSPS) is 15.1. The molecule has 1 unspecified atom stereocenters. The van der Waals surface area contributed by atoms with E-state index < -0.39 is 6.10 Å². The largest absolute Gasteiger partial charge is 0.493 e. The van der Waals surface area contributed by atoms with Gasteiger partial charge in [0, 0.05) is 35.1 Å². The van der Waals surface area contributed by atoms with E-state index in [-0.39, 0.29) is 0 Å². The number of fused-ring (bicyclic) bond motifs is 1. The molecule has 1 aromatic carbocycles. The molecular formula is C16H19BrN2O2. The van der Waals surface area contributed by atoms with Crippen molar-refractivity contribution in [3.8, 4) is 5.75 Å². The van der Waals surface area contributed by atoms with E-state index in [4.69, 9.17) is 4.74 Å². The summed E-state index contributed by atoms with van der Waals surface area (Å²) in [5.74, 6) is 0.938. The highest BCUT2D eigenvalue weighted by Crippen LogP contribution is 2.35. The van der Waals surface area contributed by atoms with Crippen LogP contribution in [0.15, 0.2) is 29.0 Å². The van der Waals surface area contributed by atoms with E-state index in [2.05, 4.69) is 40.9 Å². The number of aliphatic hydroxyl groups excluding tert-OH is 1. The second-order valence-electron chi connectivity index (χ2n) is 5.72. The molecule has 2 heterocycles. The predicted octanol–water partition coefficient (Wildman–Crippen LogP) is 3.44. The van der Waals surface area contributed by atoms with Gasteiger partial charge in [-0.3, -0.25) is 4.68 Å². The Hall–Kier alpha value is -1.33. The van der Waals surface area contributed by atoms with Crippen LogP contribution in [0.2, 0.25) is 0 Å². The number of ether oxygens (including phenoxy) is 1. The van der Waals surface area contributed by atoms with Crippen LogP contribution in [-0.4, -0.2) is 21.5 Å². The number of nitrogens with zero attached hydrogens (tertiary/aromatic N) is 2. The lowest BCUT2D eigenvalue weighted by Gasteiger charge is -2.13. The summed E-state index contributed by atoms with van der Waals surface area (Å²) in [7, 11) is 0. The van der Waals surface area contributed by atoms with Crippen molar-refractivity contribution in [2.45, 2.75) is 38.8 Å². The number of aromatic nitrogens is 2. The quantitative estimate of drug-likeness (QED) is 0.918. The molecule has 112 valence electrons. The predicted molar refractivity (Wildman–Crippen MR) is 84.6 cm³/mol. The Kier molecular flexibility index (Phi) is 4.04. The van der Waals surface area contributed by atoms with Crippen LogP contribution < -0.4 is 4.74 Å². The molecule has 2 aromatic rings. The monoisotopic (exact) mass is 350 g/mol. The summed E-state index contributed by atoms with van der Waals surface area (Å²) >= 11 is 3.53. The summed E-state index contributed by atoms with van der Waals surface area (Å²) in [5.41, 5.74) is 3.10. The smallest absolute Gasteiger partial charge is 0.125 e. The number of hydrogen-bond acceptors (Lipinski definition) is 3. The highest BCUT2D eigenvalue weighted by Gasteiger charge is 2.20. The first-order valence-electron chi connectivity index (χ1n) is 7.21. The zero-order chi connectivity index (χ0) is 15.0. The van der Waals surface area contributed by atoms with Crippen LogP contribution in [0.5, 0.6) is 5.75 Å². The molecule has 21 heavy (non-hydrogen) atoms. The minimum Gasteiger partial charge on any atom is -0.493 e. The third-order valence-electron chi connectivity index (χ3n) is 3.77. The third kappa shape index (κ3) is 2.99. The van der Waals surface area contributed by atoms with Crippen LogP contribution in [0.25, 0.3) is 0 Å². The Bertz CT molecular complexity index is 652. The van der Waals surface area contributed by atoms with Gasteiger partial charge in [-0.15, -0.1) is 0 Å². The second-order valence-corrected chi connectivity index (χ2v) is 6.63. The molecule has 1 aromatic heterocycles. The highest BCUT2D eigenvalue weighted by atomic mass is 79.9. The van der Waals surface area contributed by atoms with Crippen molar-refractivity contribution < 1.29 is 9.84 Å². The molecule has 0 spiro atoms. The molecule has 3 rings (SSSR count). The van der Waals surface area contributed by atoms with Crippen LogP contribution in [0.3, 0.4) is 0 Å². The Balaban J connectivity index is 1.83. The first kappa shape index (κ1) is 14.6. The molecule has 5 heteroatoms. The van der Waals surface area contributed by atoms with Gasteiger partial charge in [-0.1, -0.05) is 15.9 Å². The number of benzene rings is 1. The van der Waals surface area contributed by atoms with Gasteiger partial charge in [0.05, 0.1) is 18.9 Å². The molecule has 0 radical (unpaired) electrons. The standard InChI is InChI=1S/C16H19BrN2O2/c1-10(2)19-9-13(8-18-19)15(20)7-12-6-14(17)5-11-3-4-21-16(11)12/h5-6,8-10,15,20H,3-4,7H2,1-2H3. The maximum absolute atomic E-state index is 10.5. The van der Waals surface area contributed by atoms with Crippen molar-refractivity contribution in [1.29, 1.82) is 0 Å². The summed E-state index contributed by atoms with van der Waals surface area (Å²) in [6, 6.07) is 4.42. The van der Waals surface area contributed by atoms with Gasteiger partial charge >= 0.3 is 0 Å². The van der Waals surface area contributed by atoms with Gasteiger partial charge in [0.15, 0.2) is 0 Å². The molecule has 0 amide bonds. The summed E-state index contributed by atoms with van der Waals surface area (Å²) in [6.07, 6.45) is 4.55. The summed E-state index contributed by atoms with van der Waals surface area (Å²) in [5, 5.41) is 14.8. The van der Waals surface area contributed by atoms with Gasteiger partial charge in [-0.2, -0.15) is 5.10 Å². The Morgan fingerprint density at radius 3 is 2.95 bits per heavy atom. The van der Waals surface area contributed by atoms with Crippen molar-refractivity contribution in [2.24, 2.45) is 0 Å². The van der Waals surface area contributed by atoms with E-state index in [1.54, 1.807) is 6.20 Å². The minimum absolute atomic E-state index is 0.296. The molecule has 0 saturated heterocycles. The molecule has 1 atom stereocenters. The number of rotatable bonds is 4. The van der Waals surface area contributed by atoms with E-state index in [9.17, 15) is 5.11 Å². The molecular weight excluding hydrogens is 332 g/mol. The Labute approximate surface area is 132 Å². The molecule has 0 bridgehead atoms. The van der Waals surface area contributed by atoms with E-state index in [1.807, 2.05) is 16.9 Å². The fraction of sp³-hybridized carbons (Fsp3) is 0.438. The SMILES string of the molecule is CC(C)n1cc(C(O)Cc2cc(Br)cc3c2OCC3)cn1. The molecule has 1 aliphatic rings. The lowest BCUT2D eigenvalue weighted by Crippen LogP contribution is -2.04. The Morgan fingerprint density at radius 2 is 2.24 bits per heavy atom. The van der Waals surface area contributed by atoms with Gasteiger partial charge in [-0.05, 0) is 37.1 Å². The molecule has 1 aliphatic heterocycles. The average Bonchev–Trinajstić information content (AvgIpc) is 3.06. The molecule has 0 saturated carbocycles. The summed E-state index contributed by atoms with van der Waals surface area (Å²) in [4.78, 5) is 0. The van der Waals surface area contributed by atoms with Crippen LogP contribution in [0, 0.1) is 0 Å². The van der Waals surface area contributed by atoms with E-state index >= 15 is 0 Å². The van der Waals surface area contributed by atoms with Gasteiger partial charge in [-0.25, -0.2) is 0 Å². The lowest BCUT2D eigenvalue weighted by atomic mass is 10.0. The average molecular weight is 351 g/mol. The highest BCUT2D eigenvalue weighted by molar-refractivity contribution is 9.10. The molecule has 1 N–H and O–H groups in total. The van der Waals surface area contributed by atoms with Crippen LogP contribution >= 0.6 is 15.9 Å². The maximum Gasteiger partial charge on any atom is 0.125 e. The molecule has 4 nitrogen and oxygen atoms in total. The maximum atomic E-state index is 10.5. The Morgan fingerprint density at radius 1 is 1.43 bits per heavy atom. The van der Waals surface area contributed by atoms with Crippen LogP contribution in [0.1, 0.15) is 42.7 Å². The number of hydrogen-bond donors (Lipinski definition) is 1. The summed E-state index contributed by atoms with van der Waals surface area (Å²) in [6.45, 7) is 4.86. The van der Waals surface area contributed by atoms with Crippen molar-refractivity contribution in [2.75, 3.05) is 6.61 Å². The minimum atomic E-state index is -0.569. The van der Waals surface area contributed by atoms with Crippen LogP contribution in [0.4, 0.5) is 0 Å². The fourth-order valence-electron chi connectivity index (χ4n) is 2.63. The van der Waals surface area contributed by atoms with Gasteiger partial charge in [0.2, 0.25) is 0 Å². The van der Waals surface area contributed by atoms with Gasteiger partial charge < -0.3 is 9.84 Å². The number of halogens is 1. The van der Waals surface area contributed by atoms with Crippen molar-refractivity contribution >= 4 is 15.9 Å². The van der Waals surface area contributed by atoms with Crippen molar-refractivity contribution in [3.05, 3.63) is 45.7 Å². The zero-order valence-corrected chi connectivity index (χ0v) is 13.8. The zero-order valence-electron chi connectivity index (χ0n) is 12.2. The van der Waals surface area contributed by atoms with Crippen molar-refractivity contribution in [1.82, 2.24) is 9.78 Å².